The van der Waals surface area contributed by atoms with Gasteiger partial charge in [-0.25, -0.2) is 4.98 Å². The minimum Gasteiger partial charge on any atom is -0.493 e. The molecule has 2 heterocycles. The molecule has 7 heteroatoms. The molecule has 1 aromatic heterocycles. The van der Waals surface area contributed by atoms with Crippen molar-refractivity contribution in [3.05, 3.63) is 83.7 Å². The molecule has 1 saturated heterocycles. The SMILES string of the molecule is COc1ccc(CCN2CC(C(=O)Nc3cccc(C#Cc4ccccn4)c3)CC2=O)cc1OC. The molecule has 1 atom stereocenters. The molecular weight excluding hydrogens is 442 g/mol. The first kappa shape index (κ1) is 23.8. The quantitative estimate of drug-likeness (QED) is 0.536. The summed E-state index contributed by atoms with van der Waals surface area (Å²) in [6.07, 6.45) is 2.56. The van der Waals surface area contributed by atoms with Crippen LogP contribution in [0.5, 0.6) is 11.5 Å². The molecule has 2 amide bonds. The Balaban J connectivity index is 1.33. The molecule has 1 N–H and O–H groups in total. The minimum atomic E-state index is -0.392. The predicted octanol–water partition coefficient (Wildman–Crippen LogP) is 3.53. The lowest BCUT2D eigenvalue weighted by Crippen LogP contribution is -2.30. The molecular formula is C28H27N3O4. The fourth-order valence-corrected chi connectivity index (χ4v) is 3.96. The molecule has 1 unspecified atom stereocenters. The van der Waals surface area contributed by atoms with E-state index in [1.807, 2.05) is 60.7 Å². The summed E-state index contributed by atoms with van der Waals surface area (Å²) in [4.78, 5) is 31.3. The monoisotopic (exact) mass is 469 g/mol. The van der Waals surface area contributed by atoms with Crippen molar-refractivity contribution < 1.29 is 19.1 Å². The summed E-state index contributed by atoms with van der Waals surface area (Å²) in [5.74, 6) is 6.82. The fourth-order valence-electron chi connectivity index (χ4n) is 3.96. The van der Waals surface area contributed by atoms with E-state index in [1.165, 1.54) is 0 Å². The van der Waals surface area contributed by atoms with E-state index in [9.17, 15) is 9.59 Å². The van der Waals surface area contributed by atoms with Crippen LogP contribution in [0.3, 0.4) is 0 Å². The number of hydrogen-bond acceptors (Lipinski definition) is 5. The van der Waals surface area contributed by atoms with Crippen LogP contribution in [-0.4, -0.2) is 49.0 Å². The number of anilines is 1. The number of ether oxygens (including phenoxy) is 2. The number of rotatable bonds is 7. The number of amides is 2. The van der Waals surface area contributed by atoms with Crippen molar-refractivity contribution in [3.63, 3.8) is 0 Å². The highest BCUT2D eigenvalue weighted by atomic mass is 16.5. The summed E-state index contributed by atoms with van der Waals surface area (Å²) in [6.45, 7) is 0.938. The van der Waals surface area contributed by atoms with E-state index >= 15 is 0 Å². The summed E-state index contributed by atoms with van der Waals surface area (Å²) >= 11 is 0. The Kier molecular flexibility index (Phi) is 7.63. The molecule has 3 aromatic rings. The number of carbonyl (C=O) groups excluding carboxylic acids is 2. The van der Waals surface area contributed by atoms with Crippen LogP contribution in [0.2, 0.25) is 0 Å². The Labute approximate surface area is 205 Å². The molecule has 0 saturated carbocycles. The Morgan fingerprint density at radius 3 is 2.69 bits per heavy atom. The third-order valence-corrected chi connectivity index (χ3v) is 5.83. The van der Waals surface area contributed by atoms with Crippen LogP contribution in [0, 0.1) is 17.8 Å². The number of hydrogen-bond donors (Lipinski definition) is 1. The number of methoxy groups -OCH3 is 2. The van der Waals surface area contributed by atoms with Crippen molar-refractivity contribution >= 4 is 17.5 Å². The van der Waals surface area contributed by atoms with E-state index in [2.05, 4.69) is 22.1 Å². The number of nitrogens with one attached hydrogen (secondary N) is 1. The van der Waals surface area contributed by atoms with Crippen molar-refractivity contribution in [2.24, 2.45) is 5.92 Å². The van der Waals surface area contributed by atoms with Crippen molar-refractivity contribution in [2.45, 2.75) is 12.8 Å². The van der Waals surface area contributed by atoms with Crippen LogP contribution < -0.4 is 14.8 Å². The number of aromatic nitrogens is 1. The van der Waals surface area contributed by atoms with Crippen molar-refractivity contribution in [1.82, 2.24) is 9.88 Å². The number of likely N-dealkylation sites (tertiary alicyclic amines) is 1. The molecule has 35 heavy (non-hydrogen) atoms. The normalized spacial score (nSPS) is 14.7. The smallest absolute Gasteiger partial charge is 0.229 e. The second kappa shape index (κ2) is 11.2. The van der Waals surface area contributed by atoms with Crippen molar-refractivity contribution in [1.29, 1.82) is 0 Å². The van der Waals surface area contributed by atoms with Gasteiger partial charge in [-0.3, -0.25) is 9.59 Å². The van der Waals surface area contributed by atoms with E-state index in [-0.39, 0.29) is 18.2 Å². The summed E-state index contributed by atoms with van der Waals surface area (Å²) in [6, 6.07) is 18.6. The zero-order valence-corrected chi connectivity index (χ0v) is 19.8. The molecule has 7 nitrogen and oxygen atoms in total. The predicted molar refractivity (Wildman–Crippen MR) is 133 cm³/mol. The minimum absolute atomic E-state index is 0.0133. The van der Waals surface area contributed by atoms with E-state index in [1.54, 1.807) is 25.3 Å². The van der Waals surface area contributed by atoms with Gasteiger partial charge in [0.05, 0.1) is 20.1 Å². The van der Waals surface area contributed by atoms with Gasteiger partial charge in [0.2, 0.25) is 11.8 Å². The van der Waals surface area contributed by atoms with Gasteiger partial charge in [0, 0.05) is 37.0 Å². The highest BCUT2D eigenvalue weighted by molar-refractivity contribution is 5.97. The van der Waals surface area contributed by atoms with E-state index < -0.39 is 5.92 Å². The lowest BCUT2D eigenvalue weighted by atomic mass is 10.1. The van der Waals surface area contributed by atoms with Gasteiger partial charge in [-0.05, 0) is 60.4 Å². The zero-order chi connectivity index (χ0) is 24.6. The maximum atomic E-state index is 12.9. The topological polar surface area (TPSA) is 80.8 Å². The Morgan fingerprint density at radius 2 is 1.91 bits per heavy atom. The van der Waals surface area contributed by atoms with Crippen LogP contribution in [0.1, 0.15) is 23.2 Å². The summed E-state index contributed by atoms with van der Waals surface area (Å²) in [7, 11) is 3.19. The van der Waals surface area contributed by atoms with Crippen molar-refractivity contribution in [3.8, 4) is 23.3 Å². The third-order valence-electron chi connectivity index (χ3n) is 5.83. The van der Waals surface area contributed by atoms with E-state index in [0.29, 0.717) is 42.4 Å². The molecule has 0 spiro atoms. The van der Waals surface area contributed by atoms with Gasteiger partial charge in [-0.1, -0.05) is 24.1 Å². The van der Waals surface area contributed by atoms with Crippen LogP contribution >= 0.6 is 0 Å². The molecule has 0 radical (unpaired) electrons. The highest BCUT2D eigenvalue weighted by Crippen LogP contribution is 2.28. The fraction of sp³-hybridized carbons (Fsp3) is 0.250. The van der Waals surface area contributed by atoms with E-state index in [0.717, 1.165) is 11.1 Å². The Hall–Kier alpha value is -4.31. The van der Waals surface area contributed by atoms with Gasteiger partial charge in [0.15, 0.2) is 11.5 Å². The van der Waals surface area contributed by atoms with Gasteiger partial charge in [0.1, 0.15) is 5.69 Å². The number of nitrogens with zero attached hydrogens (tertiary/aromatic N) is 2. The molecule has 1 fully saturated rings. The van der Waals surface area contributed by atoms with Crippen molar-refractivity contribution in [2.75, 3.05) is 32.6 Å². The largest absolute Gasteiger partial charge is 0.493 e. The number of carbonyl (C=O) groups is 2. The first-order valence-corrected chi connectivity index (χ1v) is 11.4. The number of benzene rings is 2. The second-order valence-electron chi connectivity index (χ2n) is 8.22. The molecule has 1 aliphatic rings. The molecule has 178 valence electrons. The Morgan fingerprint density at radius 1 is 1.06 bits per heavy atom. The average molecular weight is 470 g/mol. The summed E-state index contributed by atoms with van der Waals surface area (Å²) < 4.78 is 10.6. The third kappa shape index (κ3) is 6.18. The first-order chi connectivity index (χ1) is 17.1. The zero-order valence-electron chi connectivity index (χ0n) is 19.8. The molecule has 0 bridgehead atoms. The summed E-state index contributed by atoms with van der Waals surface area (Å²) in [5.41, 5.74) is 3.14. The first-order valence-electron chi connectivity index (χ1n) is 11.4. The second-order valence-corrected chi connectivity index (χ2v) is 8.22. The molecule has 1 aliphatic heterocycles. The van der Waals surface area contributed by atoms with Crippen LogP contribution in [-0.2, 0) is 16.0 Å². The molecule has 0 aliphatic carbocycles. The standard InChI is InChI=1S/C28H27N3O4/c1-34-25-12-10-21(17-26(25)35-2)13-15-31-19-22(18-27(31)32)28(33)30-24-8-5-6-20(16-24)9-11-23-7-3-4-14-29-23/h3-8,10,12,14,16-17,22H,13,15,18-19H2,1-2H3,(H,30,33). The maximum absolute atomic E-state index is 12.9. The van der Waals surface area contributed by atoms with Crippen LogP contribution in [0.15, 0.2) is 66.9 Å². The van der Waals surface area contributed by atoms with Crippen LogP contribution in [0.25, 0.3) is 0 Å². The maximum Gasteiger partial charge on any atom is 0.229 e. The highest BCUT2D eigenvalue weighted by Gasteiger charge is 2.34. The summed E-state index contributed by atoms with van der Waals surface area (Å²) in [5, 5.41) is 2.93. The van der Waals surface area contributed by atoms with E-state index in [4.69, 9.17) is 9.47 Å². The average Bonchev–Trinajstić information content (AvgIpc) is 3.27. The van der Waals surface area contributed by atoms with Gasteiger partial charge in [-0.15, -0.1) is 0 Å². The van der Waals surface area contributed by atoms with Gasteiger partial charge >= 0.3 is 0 Å². The van der Waals surface area contributed by atoms with Gasteiger partial charge in [0.25, 0.3) is 0 Å². The van der Waals surface area contributed by atoms with Gasteiger partial charge < -0.3 is 19.7 Å². The Bertz CT molecular complexity index is 1260. The molecule has 2 aromatic carbocycles. The van der Waals surface area contributed by atoms with Gasteiger partial charge in [-0.2, -0.15) is 0 Å². The van der Waals surface area contributed by atoms with Crippen LogP contribution in [0.4, 0.5) is 5.69 Å². The number of pyridine rings is 1. The lowest BCUT2D eigenvalue weighted by Gasteiger charge is -2.17. The molecule has 4 rings (SSSR count). The lowest BCUT2D eigenvalue weighted by molar-refractivity contribution is -0.128.